The van der Waals surface area contributed by atoms with Crippen LogP contribution in [0.5, 0.6) is 0 Å². The van der Waals surface area contributed by atoms with Crippen LogP contribution in [0.2, 0.25) is 5.02 Å². The van der Waals surface area contributed by atoms with E-state index in [2.05, 4.69) is 15.3 Å². The summed E-state index contributed by atoms with van der Waals surface area (Å²) in [5.41, 5.74) is 2.16. The third-order valence-electron chi connectivity index (χ3n) is 2.76. The zero-order valence-electron chi connectivity index (χ0n) is 11.0. The molecular weight excluding hydrogens is 265 g/mol. The van der Waals surface area contributed by atoms with E-state index in [1.54, 1.807) is 19.2 Å². The lowest BCUT2D eigenvalue weighted by Crippen LogP contribution is -2.04. The van der Waals surface area contributed by atoms with Gasteiger partial charge in [-0.2, -0.15) is 0 Å². The fraction of sp³-hybridized carbons (Fsp3) is 0.286. The number of aromatic nitrogens is 2. The van der Waals surface area contributed by atoms with Crippen LogP contribution in [0.15, 0.2) is 24.3 Å². The van der Waals surface area contributed by atoms with Crippen LogP contribution < -0.4 is 5.32 Å². The maximum Gasteiger partial charge on any atom is 0.223 e. The molecule has 0 radical (unpaired) electrons. The molecule has 0 saturated carbocycles. The molecule has 0 aliphatic carbocycles. The molecule has 0 aliphatic heterocycles. The standard InChI is InChI=1S/C14H15ClFN3/c1-8(2)12-11(15)13(19-14(17-3)18-12)9-4-6-10(16)7-5-9/h4-8H,1-3H3,(H,17,18,19). The molecular formula is C14H15ClFN3. The van der Waals surface area contributed by atoms with Gasteiger partial charge >= 0.3 is 0 Å². The predicted molar refractivity (Wildman–Crippen MR) is 76.1 cm³/mol. The summed E-state index contributed by atoms with van der Waals surface area (Å²) in [5.74, 6) is 0.404. The lowest BCUT2D eigenvalue weighted by Gasteiger charge is -2.13. The van der Waals surface area contributed by atoms with Gasteiger partial charge in [-0.1, -0.05) is 25.4 Å². The number of rotatable bonds is 3. The van der Waals surface area contributed by atoms with Crippen molar-refractivity contribution in [1.29, 1.82) is 0 Å². The molecule has 19 heavy (non-hydrogen) atoms. The van der Waals surface area contributed by atoms with Crippen molar-refractivity contribution in [2.75, 3.05) is 12.4 Å². The van der Waals surface area contributed by atoms with Crippen LogP contribution in [0.3, 0.4) is 0 Å². The fourth-order valence-corrected chi connectivity index (χ4v) is 2.17. The molecule has 1 aromatic carbocycles. The third-order valence-corrected chi connectivity index (χ3v) is 3.14. The average Bonchev–Trinajstić information content (AvgIpc) is 2.40. The van der Waals surface area contributed by atoms with Crippen molar-refractivity contribution in [2.45, 2.75) is 19.8 Å². The van der Waals surface area contributed by atoms with Gasteiger partial charge in [-0.3, -0.25) is 0 Å². The zero-order chi connectivity index (χ0) is 14.0. The summed E-state index contributed by atoms with van der Waals surface area (Å²) >= 11 is 6.36. The summed E-state index contributed by atoms with van der Waals surface area (Å²) in [6.07, 6.45) is 0. The Labute approximate surface area is 116 Å². The lowest BCUT2D eigenvalue weighted by atomic mass is 10.1. The van der Waals surface area contributed by atoms with Crippen molar-refractivity contribution in [1.82, 2.24) is 9.97 Å². The van der Waals surface area contributed by atoms with Gasteiger partial charge in [-0.15, -0.1) is 0 Å². The van der Waals surface area contributed by atoms with Crippen molar-refractivity contribution < 1.29 is 4.39 Å². The third kappa shape index (κ3) is 2.84. The van der Waals surface area contributed by atoms with E-state index in [0.717, 1.165) is 11.3 Å². The molecule has 2 aromatic rings. The molecule has 1 heterocycles. The predicted octanol–water partition coefficient (Wildman–Crippen LogP) is 4.10. The Morgan fingerprint density at radius 2 is 1.79 bits per heavy atom. The van der Waals surface area contributed by atoms with Gasteiger partial charge in [0.05, 0.1) is 16.4 Å². The molecule has 5 heteroatoms. The Hall–Kier alpha value is -1.68. The number of halogens is 2. The van der Waals surface area contributed by atoms with Gasteiger partial charge in [0.25, 0.3) is 0 Å². The minimum absolute atomic E-state index is 0.182. The van der Waals surface area contributed by atoms with E-state index in [1.807, 2.05) is 13.8 Å². The van der Waals surface area contributed by atoms with Crippen LogP contribution >= 0.6 is 11.6 Å². The zero-order valence-corrected chi connectivity index (χ0v) is 11.8. The van der Waals surface area contributed by atoms with E-state index in [-0.39, 0.29) is 11.7 Å². The number of nitrogens with zero attached hydrogens (tertiary/aromatic N) is 2. The number of hydrogen-bond donors (Lipinski definition) is 1. The molecule has 1 aromatic heterocycles. The van der Waals surface area contributed by atoms with E-state index in [1.165, 1.54) is 12.1 Å². The molecule has 0 bridgehead atoms. The van der Waals surface area contributed by atoms with Gasteiger partial charge in [0.2, 0.25) is 5.95 Å². The molecule has 0 fully saturated rings. The molecule has 0 unspecified atom stereocenters. The topological polar surface area (TPSA) is 37.8 Å². The van der Waals surface area contributed by atoms with E-state index < -0.39 is 0 Å². The van der Waals surface area contributed by atoms with Crippen LogP contribution in [0.1, 0.15) is 25.5 Å². The highest BCUT2D eigenvalue weighted by Crippen LogP contribution is 2.32. The van der Waals surface area contributed by atoms with Gasteiger partial charge in [-0.25, -0.2) is 14.4 Å². The first-order valence-corrected chi connectivity index (χ1v) is 6.42. The van der Waals surface area contributed by atoms with E-state index in [4.69, 9.17) is 11.6 Å². The summed E-state index contributed by atoms with van der Waals surface area (Å²) in [6.45, 7) is 4.03. The minimum Gasteiger partial charge on any atom is -0.357 e. The van der Waals surface area contributed by atoms with Gasteiger partial charge < -0.3 is 5.32 Å². The fourth-order valence-electron chi connectivity index (χ4n) is 1.76. The van der Waals surface area contributed by atoms with Crippen molar-refractivity contribution in [3.8, 4) is 11.3 Å². The van der Waals surface area contributed by atoms with E-state index >= 15 is 0 Å². The van der Waals surface area contributed by atoms with Crippen molar-refractivity contribution in [3.63, 3.8) is 0 Å². The second kappa shape index (κ2) is 5.53. The summed E-state index contributed by atoms with van der Waals surface area (Å²) in [5, 5.41) is 3.43. The second-order valence-electron chi connectivity index (χ2n) is 4.51. The van der Waals surface area contributed by atoms with Crippen LogP contribution in [0, 0.1) is 5.82 Å². The monoisotopic (exact) mass is 279 g/mol. The van der Waals surface area contributed by atoms with E-state index in [9.17, 15) is 4.39 Å². The first-order valence-electron chi connectivity index (χ1n) is 6.04. The molecule has 0 spiro atoms. The first kappa shape index (κ1) is 13.7. The Morgan fingerprint density at radius 3 is 2.32 bits per heavy atom. The van der Waals surface area contributed by atoms with Gasteiger partial charge in [0.15, 0.2) is 0 Å². The van der Waals surface area contributed by atoms with Crippen LogP contribution in [-0.2, 0) is 0 Å². The van der Waals surface area contributed by atoms with Crippen LogP contribution in [0.25, 0.3) is 11.3 Å². The molecule has 0 aliphatic rings. The molecule has 1 N–H and O–H groups in total. The molecule has 2 rings (SSSR count). The number of anilines is 1. The molecule has 0 atom stereocenters. The number of benzene rings is 1. The molecule has 100 valence electrons. The average molecular weight is 280 g/mol. The maximum absolute atomic E-state index is 13.0. The summed E-state index contributed by atoms with van der Waals surface area (Å²) in [6, 6.07) is 6.10. The summed E-state index contributed by atoms with van der Waals surface area (Å²) in [4.78, 5) is 8.72. The quantitative estimate of drug-likeness (QED) is 0.919. The summed E-state index contributed by atoms with van der Waals surface area (Å²) < 4.78 is 13.0. The highest BCUT2D eigenvalue weighted by Gasteiger charge is 2.16. The maximum atomic E-state index is 13.0. The van der Waals surface area contributed by atoms with Crippen LogP contribution in [-0.4, -0.2) is 17.0 Å². The Morgan fingerprint density at radius 1 is 1.16 bits per heavy atom. The van der Waals surface area contributed by atoms with E-state index in [0.29, 0.717) is 16.7 Å². The van der Waals surface area contributed by atoms with Crippen LogP contribution in [0.4, 0.5) is 10.3 Å². The van der Waals surface area contributed by atoms with Crippen molar-refractivity contribution in [3.05, 3.63) is 40.8 Å². The first-order chi connectivity index (χ1) is 9.02. The van der Waals surface area contributed by atoms with Gasteiger partial charge in [-0.05, 0) is 30.2 Å². The molecule has 3 nitrogen and oxygen atoms in total. The van der Waals surface area contributed by atoms with Crippen molar-refractivity contribution in [2.24, 2.45) is 0 Å². The SMILES string of the molecule is CNc1nc(-c2ccc(F)cc2)c(Cl)c(C(C)C)n1. The minimum atomic E-state index is -0.285. The van der Waals surface area contributed by atoms with Gasteiger partial charge in [0.1, 0.15) is 5.82 Å². The number of nitrogens with one attached hydrogen (secondary N) is 1. The summed E-state index contributed by atoms with van der Waals surface area (Å²) in [7, 11) is 1.75. The molecule has 0 amide bonds. The Balaban J connectivity index is 2.61. The highest BCUT2D eigenvalue weighted by atomic mass is 35.5. The normalized spacial score (nSPS) is 10.8. The van der Waals surface area contributed by atoms with Gasteiger partial charge in [0, 0.05) is 12.6 Å². The molecule has 0 saturated heterocycles. The highest BCUT2D eigenvalue weighted by molar-refractivity contribution is 6.33. The van der Waals surface area contributed by atoms with Crippen molar-refractivity contribution >= 4 is 17.5 Å². The smallest absolute Gasteiger partial charge is 0.223 e. The lowest BCUT2D eigenvalue weighted by molar-refractivity contribution is 0.628. The Kier molecular flexibility index (Phi) is 4.00. The largest absolute Gasteiger partial charge is 0.357 e. The Bertz CT molecular complexity index is 582. The number of hydrogen-bond acceptors (Lipinski definition) is 3. The second-order valence-corrected chi connectivity index (χ2v) is 4.88.